The minimum Gasteiger partial charge on any atom is -0.351 e. The monoisotopic (exact) mass is 445 g/mol. The predicted octanol–water partition coefficient (Wildman–Crippen LogP) is 5.59. The van der Waals surface area contributed by atoms with Gasteiger partial charge in [0.15, 0.2) is 0 Å². The molecule has 4 fully saturated rings. The molecule has 4 saturated carbocycles. The van der Waals surface area contributed by atoms with E-state index in [9.17, 15) is 9.59 Å². The van der Waals surface area contributed by atoms with E-state index >= 15 is 0 Å². The molecule has 2 aromatic rings. The van der Waals surface area contributed by atoms with Gasteiger partial charge in [0.1, 0.15) is 5.78 Å². The van der Waals surface area contributed by atoms with E-state index in [1.807, 2.05) is 12.5 Å². The minimum atomic E-state index is -0.200. The largest absolute Gasteiger partial charge is 0.351 e. The lowest BCUT2D eigenvalue weighted by Gasteiger charge is -2.53. The number of carbonyl (C=O) groups excluding carboxylic acids is 2. The van der Waals surface area contributed by atoms with Crippen molar-refractivity contribution >= 4 is 11.7 Å². The van der Waals surface area contributed by atoms with Crippen LogP contribution >= 0.6 is 0 Å². The first-order valence-electron chi connectivity index (χ1n) is 13.0. The normalized spacial score (nSPS) is 30.6. The van der Waals surface area contributed by atoms with Crippen LogP contribution in [-0.2, 0) is 9.59 Å². The third kappa shape index (κ3) is 3.64. The number of hydrogen-bond donors (Lipinski definition) is 1. The minimum absolute atomic E-state index is 0.0596. The topological polar surface area (TPSA) is 64.0 Å². The lowest BCUT2D eigenvalue weighted by atomic mass is 9.55. The van der Waals surface area contributed by atoms with Gasteiger partial charge < -0.3 is 9.88 Å². The van der Waals surface area contributed by atoms with Crippen molar-refractivity contribution in [3.63, 3.8) is 0 Å². The zero-order chi connectivity index (χ0) is 22.5. The van der Waals surface area contributed by atoms with E-state index in [4.69, 9.17) is 0 Å². The maximum Gasteiger partial charge on any atom is 0.220 e. The van der Waals surface area contributed by atoms with Crippen molar-refractivity contribution in [3.8, 4) is 11.3 Å². The third-order valence-electron chi connectivity index (χ3n) is 9.42. The molecular weight excluding hydrogens is 410 g/mol. The molecule has 1 aliphatic heterocycles. The Bertz CT molecular complexity index is 1040. The fourth-order valence-corrected chi connectivity index (χ4v) is 7.32. The number of imidazole rings is 1. The summed E-state index contributed by atoms with van der Waals surface area (Å²) in [6.45, 7) is 0. The van der Waals surface area contributed by atoms with Gasteiger partial charge >= 0.3 is 0 Å². The van der Waals surface area contributed by atoms with E-state index < -0.39 is 0 Å². The molecule has 1 aromatic carbocycles. The predicted molar refractivity (Wildman–Crippen MR) is 128 cm³/mol. The van der Waals surface area contributed by atoms with Crippen LogP contribution in [0.5, 0.6) is 0 Å². The number of rotatable bonds is 6. The number of Topliss-reactive ketones (excluding diaryl/α,β-unsaturated/α-hetero) is 1. The van der Waals surface area contributed by atoms with Crippen molar-refractivity contribution in [3.05, 3.63) is 42.4 Å². The summed E-state index contributed by atoms with van der Waals surface area (Å²) in [6.07, 6.45) is 16.9. The lowest BCUT2D eigenvalue weighted by molar-refractivity contribution is -0.138. The van der Waals surface area contributed by atoms with Crippen molar-refractivity contribution < 1.29 is 9.59 Å². The van der Waals surface area contributed by atoms with E-state index in [0.29, 0.717) is 24.5 Å². The van der Waals surface area contributed by atoms with E-state index in [-0.39, 0.29) is 22.9 Å². The molecule has 2 heterocycles. The zero-order valence-electron chi connectivity index (χ0n) is 19.5. The quantitative estimate of drug-likeness (QED) is 0.630. The van der Waals surface area contributed by atoms with Gasteiger partial charge in [0.2, 0.25) is 5.91 Å². The van der Waals surface area contributed by atoms with E-state index in [1.54, 1.807) is 0 Å². The second-order valence-corrected chi connectivity index (χ2v) is 11.2. The van der Waals surface area contributed by atoms with Gasteiger partial charge in [-0.05, 0) is 62.8 Å². The van der Waals surface area contributed by atoms with Gasteiger partial charge in [-0.15, -0.1) is 0 Å². The van der Waals surface area contributed by atoms with Crippen LogP contribution in [0.3, 0.4) is 0 Å². The second-order valence-electron chi connectivity index (χ2n) is 11.2. The molecule has 7 rings (SSSR count). The van der Waals surface area contributed by atoms with Gasteiger partial charge in [-0.3, -0.25) is 9.59 Å². The van der Waals surface area contributed by atoms with Crippen LogP contribution in [0, 0.1) is 11.3 Å². The van der Waals surface area contributed by atoms with Crippen molar-refractivity contribution in [2.24, 2.45) is 11.3 Å². The highest BCUT2D eigenvalue weighted by atomic mass is 16.2. The summed E-state index contributed by atoms with van der Waals surface area (Å²) < 4.78 is 2.18. The first-order chi connectivity index (χ1) is 16.1. The standard InChI is InChI=1S/C28H35N3O2/c32-25(17-23-21-8-4-5-9-22(21)24-18-29-19-31(23)24)27-10-13-28(14-11-27,15-12-27)30-26(33)16-20-6-2-1-3-7-20/h4-5,8-9,18-20,23H,1-3,6-7,10-17H2,(H,30,33). The molecule has 5 nitrogen and oxygen atoms in total. The van der Waals surface area contributed by atoms with Crippen molar-refractivity contribution in [1.29, 1.82) is 0 Å². The molecule has 174 valence electrons. The Morgan fingerprint density at radius 3 is 2.45 bits per heavy atom. The Morgan fingerprint density at radius 1 is 0.970 bits per heavy atom. The van der Waals surface area contributed by atoms with Crippen LogP contribution in [0.1, 0.15) is 95.1 Å². The fourth-order valence-electron chi connectivity index (χ4n) is 7.32. The van der Waals surface area contributed by atoms with Gasteiger partial charge in [0, 0.05) is 29.4 Å². The smallest absolute Gasteiger partial charge is 0.220 e. The average Bonchev–Trinajstić information content (AvgIpc) is 3.43. The first-order valence-corrected chi connectivity index (χ1v) is 13.0. The summed E-state index contributed by atoms with van der Waals surface area (Å²) >= 11 is 0. The molecule has 5 heteroatoms. The summed E-state index contributed by atoms with van der Waals surface area (Å²) in [5, 5.41) is 3.46. The van der Waals surface area contributed by atoms with Gasteiger partial charge in [-0.1, -0.05) is 43.5 Å². The van der Waals surface area contributed by atoms with Gasteiger partial charge in [-0.25, -0.2) is 4.98 Å². The Hall–Kier alpha value is -2.43. The van der Waals surface area contributed by atoms with E-state index in [2.05, 4.69) is 39.1 Å². The van der Waals surface area contributed by atoms with Crippen LogP contribution in [0.2, 0.25) is 0 Å². The molecule has 0 radical (unpaired) electrons. The average molecular weight is 446 g/mol. The number of nitrogens with one attached hydrogen (secondary N) is 1. The molecule has 1 atom stereocenters. The summed E-state index contributed by atoms with van der Waals surface area (Å²) in [7, 11) is 0. The number of ketones is 1. The molecule has 33 heavy (non-hydrogen) atoms. The third-order valence-corrected chi connectivity index (χ3v) is 9.42. The SMILES string of the molecule is O=C(CC1CCCCC1)NC12CCC(C(=O)CC3c4ccccc4-c4cncn43)(CC1)CC2. The molecule has 4 aliphatic carbocycles. The Morgan fingerprint density at radius 2 is 1.70 bits per heavy atom. The molecule has 0 spiro atoms. The van der Waals surface area contributed by atoms with Gasteiger partial charge in [-0.2, -0.15) is 0 Å². The Labute approximate surface area is 196 Å². The van der Waals surface area contributed by atoms with Gasteiger partial charge in [0.25, 0.3) is 0 Å². The number of hydrogen-bond acceptors (Lipinski definition) is 3. The summed E-state index contributed by atoms with van der Waals surface area (Å²) in [6, 6.07) is 8.48. The molecule has 1 unspecified atom stereocenters. The van der Waals surface area contributed by atoms with Crippen LogP contribution in [0.25, 0.3) is 11.3 Å². The van der Waals surface area contributed by atoms with Crippen LogP contribution in [0.15, 0.2) is 36.8 Å². The molecule has 5 aliphatic rings. The number of nitrogens with zero attached hydrogens (tertiary/aromatic N) is 2. The molecule has 1 aromatic heterocycles. The van der Waals surface area contributed by atoms with Crippen LogP contribution in [-0.4, -0.2) is 26.8 Å². The number of fused-ring (bicyclic) bond motifs is 6. The highest BCUT2D eigenvalue weighted by molar-refractivity contribution is 5.87. The first kappa shape index (κ1) is 21.1. The second kappa shape index (κ2) is 8.11. The zero-order valence-corrected chi connectivity index (χ0v) is 19.5. The van der Waals surface area contributed by atoms with Crippen molar-refractivity contribution in [2.45, 2.75) is 95.1 Å². The summed E-state index contributed by atoms with van der Waals surface area (Å²) in [5.41, 5.74) is 3.31. The molecular formula is C28H35N3O2. The van der Waals surface area contributed by atoms with E-state index in [1.165, 1.54) is 43.2 Å². The summed E-state index contributed by atoms with van der Waals surface area (Å²) in [5.74, 6) is 1.23. The molecule has 2 bridgehead atoms. The molecule has 1 amide bonds. The maximum atomic E-state index is 13.7. The molecule has 0 saturated heterocycles. The fraction of sp³-hybridized carbons (Fsp3) is 0.607. The number of aromatic nitrogens is 2. The van der Waals surface area contributed by atoms with Crippen LogP contribution in [0.4, 0.5) is 0 Å². The number of benzene rings is 1. The van der Waals surface area contributed by atoms with E-state index in [0.717, 1.165) is 44.2 Å². The molecule has 1 N–H and O–H groups in total. The van der Waals surface area contributed by atoms with Crippen molar-refractivity contribution in [1.82, 2.24) is 14.9 Å². The number of carbonyl (C=O) groups is 2. The lowest BCUT2D eigenvalue weighted by Crippen LogP contribution is -2.58. The number of amides is 1. The highest BCUT2D eigenvalue weighted by Gasteiger charge is 2.53. The van der Waals surface area contributed by atoms with Crippen molar-refractivity contribution in [2.75, 3.05) is 0 Å². The maximum absolute atomic E-state index is 13.7. The summed E-state index contributed by atoms with van der Waals surface area (Å²) in [4.78, 5) is 30.9. The van der Waals surface area contributed by atoms with Crippen LogP contribution < -0.4 is 5.32 Å². The highest BCUT2D eigenvalue weighted by Crippen LogP contribution is 2.54. The Balaban J connectivity index is 1.11. The Kier molecular flexibility index (Phi) is 5.19. The van der Waals surface area contributed by atoms with Gasteiger partial charge in [0.05, 0.1) is 24.3 Å².